The molecule has 0 aliphatic rings. The average Bonchev–Trinajstić information content (AvgIpc) is 2.34. The number of non-ortho nitro benzene ring substituents is 1. The summed E-state index contributed by atoms with van der Waals surface area (Å²) < 4.78 is 28.7. The molecular formula is C9H9F2N3O4. The van der Waals surface area contributed by atoms with E-state index in [1.807, 2.05) is 0 Å². The standard InChI is InChI=1S/C9H9F2N3O4/c10-8(11)4-18-7-2-1-5(14(16)17)3-6(7)9(12)13-15/h1-3,8,15H,4H2,(H2,12,13). The minimum Gasteiger partial charge on any atom is -0.487 e. The Morgan fingerprint density at radius 1 is 1.61 bits per heavy atom. The lowest BCUT2D eigenvalue weighted by Gasteiger charge is -2.09. The van der Waals surface area contributed by atoms with Crippen LogP contribution in [-0.2, 0) is 0 Å². The maximum absolute atomic E-state index is 12.0. The molecule has 18 heavy (non-hydrogen) atoms. The van der Waals surface area contributed by atoms with Crippen molar-refractivity contribution in [3.63, 3.8) is 0 Å². The largest absolute Gasteiger partial charge is 0.487 e. The third-order valence-corrected chi connectivity index (χ3v) is 1.92. The third kappa shape index (κ3) is 3.27. The second-order valence-electron chi connectivity index (χ2n) is 3.12. The quantitative estimate of drug-likeness (QED) is 0.273. The van der Waals surface area contributed by atoms with Crippen LogP contribution in [0.5, 0.6) is 5.75 Å². The summed E-state index contributed by atoms with van der Waals surface area (Å²) in [5.74, 6) is -0.598. The van der Waals surface area contributed by atoms with E-state index in [2.05, 4.69) is 5.16 Å². The van der Waals surface area contributed by atoms with Gasteiger partial charge in [-0.25, -0.2) is 8.78 Å². The van der Waals surface area contributed by atoms with Crippen molar-refractivity contribution in [2.45, 2.75) is 6.43 Å². The predicted octanol–water partition coefficient (Wildman–Crippen LogP) is 1.33. The number of alkyl halides is 2. The Kier molecular flexibility index (Phi) is 4.35. The van der Waals surface area contributed by atoms with Gasteiger partial charge in [0.25, 0.3) is 12.1 Å². The van der Waals surface area contributed by atoms with Crippen molar-refractivity contribution in [2.75, 3.05) is 6.61 Å². The molecule has 0 saturated heterocycles. The summed E-state index contributed by atoms with van der Waals surface area (Å²) in [4.78, 5) is 9.84. The molecule has 0 spiro atoms. The van der Waals surface area contributed by atoms with E-state index in [9.17, 15) is 18.9 Å². The van der Waals surface area contributed by atoms with E-state index < -0.39 is 23.8 Å². The number of nitrogens with two attached hydrogens (primary N) is 1. The maximum Gasteiger partial charge on any atom is 0.272 e. The summed E-state index contributed by atoms with van der Waals surface area (Å²) in [5, 5.41) is 21.7. The first-order valence-corrected chi connectivity index (χ1v) is 4.63. The Hall–Kier alpha value is -2.45. The van der Waals surface area contributed by atoms with Crippen LogP contribution < -0.4 is 10.5 Å². The molecule has 0 unspecified atom stereocenters. The Morgan fingerprint density at radius 3 is 2.78 bits per heavy atom. The molecule has 0 atom stereocenters. The molecule has 0 saturated carbocycles. The Morgan fingerprint density at radius 2 is 2.28 bits per heavy atom. The van der Waals surface area contributed by atoms with Crippen molar-refractivity contribution in [1.29, 1.82) is 0 Å². The van der Waals surface area contributed by atoms with Crippen molar-refractivity contribution in [3.8, 4) is 5.75 Å². The molecule has 0 heterocycles. The molecule has 0 aromatic heterocycles. The van der Waals surface area contributed by atoms with Gasteiger partial charge in [0.05, 0.1) is 10.5 Å². The number of hydrogen-bond donors (Lipinski definition) is 2. The Labute approximate surface area is 99.6 Å². The zero-order valence-electron chi connectivity index (χ0n) is 8.92. The number of nitro groups is 1. The molecule has 0 bridgehead atoms. The van der Waals surface area contributed by atoms with Crippen LogP contribution in [0.15, 0.2) is 23.4 Å². The fourth-order valence-corrected chi connectivity index (χ4v) is 1.16. The van der Waals surface area contributed by atoms with E-state index in [0.29, 0.717) is 0 Å². The lowest BCUT2D eigenvalue weighted by atomic mass is 10.1. The van der Waals surface area contributed by atoms with Crippen LogP contribution in [-0.4, -0.2) is 29.0 Å². The van der Waals surface area contributed by atoms with Gasteiger partial charge in [-0.05, 0) is 6.07 Å². The minimum atomic E-state index is -2.71. The molecule has 0 aliphatic heterocycles. The molecule has 1 aromatic rings. The van der Waals surface area contributed by atoms with E-state index in [-0.39, 0.29) is 17.0 Å². The van der Waals surface area contributed by atoms with Crippen molar-refractivity contribution < 1.29 is 23.6 Å². The topological polar surface area (TPSA) is 111 Å². The lowest BCUT2D eigenvalue weighted by molar-refractivity contribution is -0.384. The van der Waals surface area contributed by atoms with E-state index >= 15 is 0 Å². The highest BCUT2D eigenvalue weighted by Crippen LogP contribution is 2.24. The summed E-state index contributed by atoms with van der Waals surface area (Å²) in [6.45, 7) is -0.899. The fourth-order valence-electron chi connectivity index (χ4n) is 1.16. The van der Waals surface area contributed by atoms with Crippen molar-refractivity contribution in [3.05, 3.63) is 33.9 Å². The van der Waals surface area contributed by atoms with Crippen LogP contribution in [0.3, 0.4) is 0 Å². The van der Waals surface area contributed by atoms with Crippen molar-refractivity contribution in [2.24, 2.45) is 10.9 Å². The fraction of sp³-hybridized carbons (Fsp3) is 0.222. The molecule has 0 aliphatic carbocycles. The third-order valence-electron chi connectivity index (χ3n) is 1.92. The van der Waals surface area contributed by atoms with Crippen LogP contribution in [0.2, 0.25) is 0 Å². The second kappa shape index (κ2) is 5.75. The molecule has 98 valence electrons. The van der Waals surface area contributed by atoms with Gasteiger partial charge in [0.1, 0.15) is 12.4 Å². The van der Waals surface area contributed by atoms with E-state index in [1.165, 1.54) is 0 Å². The number of halogens is 2. The summed E-state index contributed by atoms with van der Waals surface area (Å²) in [6, 6.07) is 3.14. The molecule has 0 fully saturated rings. The molecule has 9 heteroatoms. The van der Waals surface area contributed by atoms with Crippen molar-refractivity contribution in [1.82, 2.24) is 0 Å². The summed E-state index contributed by atoms with van der Waals surface area (Å²) in [5.41, 5.74) is 4.82. The number of hydrogen-bond acceptors (Lipinski definition) is 5. The highest BCUT2D eigenvalue weighted by Gasteiger charge is 2.16. The van der Waals surface area contributed by atoms with E-state index in [0.717, 1.165) is 18.2 Å². The van der Waals surface area contributed by atoms with Crippen LogP contribution in [0, 0.1) is 10.1 Å². The normalized spacial score (nSPS) is 11.6. The van der Waals surface area contributed by atoms with E-state index in [4.69, 9.17) is 15.7 Å². The maximum atomic E-state index is 12.0. The summed E-state index contributed by atoms with van der Waals surface area (Å²) >= 11 is 0. The average molecular weight is 261 g/mol. The van der Waals surface area contributed by atoms with Crippen molar-refractivity contribution >= 4 is 11.5 Å². The summed E-state index contributed by atoms with van der Waals surface area (Å²) in [7, 11) is 0. The number of benzene rings is 1. The van der Waals surface area contributed by atoms with Gasteiger partial charge >= 0.3 is 0 Å². The van der Waals surface area contributed by atoms with Gasteiger partial charge in [-0.1, -0.05) is 5.16 Å². The predicted molar refractivity (Wildman–Crippen MR) is 57.1 cm³/mol. The molecule has 1 aromatic carbocycles. The van der Waals surface area contributed by atoms with E-state index in [1.54, 1.807) is 0 Å². The Bertz CT molecular complexity index is 479. The highest BCUT2D eigenvalue weighted by atomic mass is 19.3. The smallest absolute Gasteiger partial charge is 0.272 e. The monoisotopic (exact) mass is 261 g/mol. The first-order valence-electron chi connectivity index (χ1n) is 4.63. The highest BCUT2D eigenvalue weighted by molar-refractivity contribution is 6.00. The first kappa shape index (κ1) is 13.6. The van der Waals surface area contributed by atoms with Gasteiger partial charge in [0, 0.05) is 12.1 Å². The Balaban J connectivity index is 3.13. The first-order chi connectivity index (χ1) is 8.45. The SMILES string of the molecule is N/C(=N/O)c1cc([N+](=O)[O-])ccc1OCC(F)F. The van der Waals surface area contributed by atoms with Gasteiger partial charge in [-0.2, -0.15) is 0 Å². The number of rotatable bonds is 5. The second-order valence-corrected chi connectivity index (χ2v) is 3.12. The number of nitro benzene ring substituents is 1. The molecule has 0 radical (unpaired) electrons. The van der Waals surface area contributed by atoms with Crippen LogP contribution in [0.25, 0.3) is 0 Å². The van der Waals surface area contributed by atoms with Gasteiger partial charge < -0.3 is 15.7 Å². The number of ether oxygens (including phenoxy) is 1. The molecular weight excluding hydrogens is 252 g/mol. The minimum absolute atomic E-state index is 0.129. The lowest BCUT2D eigenvalue weighted by Crippen LogP contribution is -2.17. The number of nitrogens with zero attached hydrogens (tertiary/aromatic N) is 2. The molecule has 0 amide bonds. The molecule has 3 N–H and O–H groups in total. The van der Waals surface area contributed by atoms with Crippen LogP contribution in [0.4, 0.5) is 14.5 Å². The summed E-state index contributed by atoms with van der Waals surface area (Å²) in [6.07, 6.45) is -2.71. The van der Waals surface area contributed by atoms with Gasteiger partial charge in [-0.15, -0.1) is 0 Å². The zero-order chi connectivity index (χ0) is 13.7. The van der Waals surface area contributed by atoms with Crippen LogP contribution >= 0.6 is 0 Å². The van der Waals surface area contributed by atoms with Gasteiger partial charge in [0.2, 0.25) is 0 Å². The molecule has 1 rings (SSSR count). The molecule has 7 nitrogen and oxygen atoms in total. The van der Waals surface area contributed by atoms with Crippen LogP contribution in [0.1, 0.15) is 5.56 Å². The van der Waals surface area contributed by atoms with Gasteiger partial charge in [-0.3, -0.25) is 10.1 Å². The zero-order valence-corrected chi connectivity index (χ0v) is 8.92. The van der Waals surface area contributed by atoms with Gasteiger partial charge in [0.15, 0.2) is 5.84 Å². The number of oxime groups is 1. The number of amidine groups is 1.